The first-order valence-electron chi connectivity index (χ1n) is 12.2. The molecule has 0 saturated heterocycles. The van der Waals surface area contributed by atoms with Gasteiger partial charge in [0.1, 0.15) is 0 Å². The number of hydrogen-bond acceptors (Lipinski definition) is 3. The van der Waals surface area contributed by atoms with E-state index in [0.717, 1.165) is 52.9 Å². The molecule has 0 unspecified atom stereocenters. The summed E-state index contributed by atoms with van der Waals surface area (Å²) in [7, 11) is 0. The Morgan fingerprint density at radius 1 is 1.00 bits per heavy atom. The molecule has 0 radical (unpaired) electrons. The zero-order valence-corrected chi connectivity index (χ0v) is 20.5. The predicted molar refractivity (Wildman–Crippen MR) is 136 cm³/mol. The molecule has 1 aliphatic carbocycles. The molecular weight excluding hydrogens is 438 g/mol. The molecule has 35 heavy (non-hydrogen) atoms. The number of aromatic nitrogens is 1. The Morgan fingerprint density at radius 3 is 2.26 bits per heavy atom. The van der Waals surface area contributed by atoms with Gasteiger partial charge in [-0.05, 0) is 57.2 Å². The SMILES string of the molecule is CC(C)(C)N(C(=O)O)C1(c2ccc(-c3nc4c(cc3-c3ccccc3)C(=O)NCC4)cc2)CCC1. The van der Waals surface area contributed by atoms with Crippen molar-refractivity contribution < 1.29 is 14.7 Å². The van der Waals surface area contributed by atoms with Gasteiger partial charge >= 0.3 is 6.09 Å². The number of rotatable bonds is 4. The van der Waals surface area contributed by atoms with Crippen molar-refractivity contribution in [3.63, 3.8) is 0 Å². The Kier molecular flexibility index (Phi) is 5.62. The smallest absolute Gasteiger partial charge is 0.408 e. The van der Waals surface area contributed by atoms with Crippen LogP contribution in [0, 0.1) is 0 Å². The Morgan fingerprint density at radius 2 is 1.69 bits per heavy atom. The van der Waals surface area contributed by atoms with Crippen LogP contribution in [0.5, 0.6) is 0 Å². The minimum absolute atomic E-state index is 0.0827. The number of nitrogens with zero attached hydrogens (tertiary/aromatic N) is 2. The summed E-state index contributed by atoms with van der Waals surface area (Å²) >= 11 is 0. The van der Waals surface area contributed by atoms with Crippen LogP contribution in [0.2, 0.25) is 0 Å². The second-order valence-electron chi connectivity index (χ2n) is 10.5. The summed E-state index contributed by atoms with van der Waals surface area (Å²) in [5.41, 5.74) is 5.15. The number of amides is 2. The number of fused-ring (bicyclic) bond motifs is 1. The average molecular weight is 470 g/mol. The molecule has 5 rings (SSSR count). The molecule has 1 saturated carbocycles. The van der Waals surface area contributed by atoms with Gasteiger partial charge in [-0.25, -0.2) is 4.79 Å². The molecule has 3 aromatic rings. The lowest BCUT2D eigenvalue weighted by Gasteiger charge is -2.54. The van der Waals surface area contributed by atoms with Gasteiger partial charge < -0.3 is 10.4 Å². The standard InChI is InChI=1S/C29H31N3O3/c1-28(2,3)32(27(34)35)29(15-7-16-29)21-12-10-20(11-13-21)25-22(19-8-5-4-6-9-19)18-23-24(31-25)14-17-30-26(23)33/h4-6,8-13,18H,7,14-17H2,1-3H3,(H,30,33)(H,34,35). The van der Waals surface area contributed by atoms with Gasteiger partial charge in [0.25, 0.3) is 5.91 Å². The van der Waals surface area contributed by atoms with E-state index >= 15 is 0 Å². The molecule has 6 heteroatoms. The van der Waals surface area contributed by atoms with E-state index in [0.29, 0.717) is 18.5 Å². The monoisotopic (exact) mass is 469 g/mol. The summed E-state index contributed by atoms with van der Waals surface area (Å²) in [6, 6.07) is 20.1. The van der Waals surface area contributed by atoms with Gasteiger partial charge in [0.2, 0.25) is 0 Å². The molecule has 2 heterocycles. The molecule has 180 valence electrons. The minimum atomic E-state index is -0.887. The Hall–Kier alpha value is -3.67. The Labute approximate surface area is 206 Å². The fraction of sp³-hybridized carbons (Fsp3) is 0.345. The minimum Gasteiger partial charge on any atom is -0.465 e. The lowest BCUT2D eigenvalue weighted by molar-refractivity contribution is -0.0328. The van der Waals surface area contributed by atoms with Crippen LogP contribution in [-0.2, 0) is 12.0 Å². The molecule has 2 N–H and O–H groups in total. The fourth-order valence-electron chi connectivity index (χ4n) is 5.59. The summed E-state index contributed by atoms with van der Waals surface area (Å²) in [6.07, 6.45) is 2.45. The van der Waals surface area contributed by atoms with E-state index in [1.165, 1.54) is 0 Å². The summed E-state index contributed by atoms with van der Waals surface area (Å²) < 4.78 is 0. The van der Waals surface area contributed by atoms with Crippen LogP contribution in [0.15, 0.2) is 60.7 Å². The highest BCUT2D eigenvalue weighted by atomic mass is 16.4. The highest BCUT2D eigenvalue weighted by Gasteiger charge is 2.50. The third-order valence-corrected chi connectivity index (χ3v) is 7.24. The number of carbonyl (C=O) groups is 2. The van der Waals surface area contributed by atoms with Crippen molar-refractivity contribution in [2.75, 3.05) is 6.54 Å². The van der Waals surface area contributed by atoms with Crippen molar-refractivity contribution in [3.05, 3.63) is 77.5 Å². The van der Waals surface area contributed by atoms with E-state index in [2.05, 4.69) is 17.4 Å². The third kappa shape index (κ3) is 3.97. The zero-order valence-electron chi connectivity index (χ0n) is 20.5. The molecule has 2 amide bonds. The van der Waals surface area contributed by atoms with E-state index in [1.54, 1.807) is 4.90 Å². The first-order valence-corrected chi connectivity index (χ1v) is 12.2. The van der Waals surface area contributed by atoms with Crippen LogP contribution >= 0.6 is 0 Å². The summed E-state index contributed by atoms with van der Waals surface area (Å²) in [5.74, 6) is -0.0827. The van der Waals surface area contributed by atoms with E-state index in [1.807, 2.05) is 69.3 Å². The van der Waals surface area contributed by atoms with E-state index < -0.39 is 17.2 Å². The lowest BCUT2D eigenvalue weighted by atomic mass is 9.69. The van der Waals surface area contributed by atoms with Crippen LogP contribution in [0.25, 0.3) is 22.4 Å². The summed E-state index contributed by atoms with van der Waals surface area (Å²) in [6.45, 7) is 6.45. The zero-order chi connectivity index (χ0) is 24.8. The largest absolute Gasteiger partial charge is 0.465 e. The second kappa shape index (κ2) is 8.52. The first kappa shape index (κ1) is 23.1. The van der Waals surface area contributed by atoms with Crippen molar-refractivity contribution >= 4 is 12.0 Å². The molecule has 0 bridgehead atoms. The highest BCUT2D eigenvalue weighted by molar-refractivity contribution is 5.99. The van der Waals surface area contributed by atoms with Crippen molar-refractivity contribution in [1.82, 2.24) is 15.2 Å². The molecular formula is C29H31N3O3. The molecule has 2 aromatic carbocycles. The van der Waals surface area contributed by atoms with Gasteiger partial charge in [0.15, 0.2) is 0 Å². The lowest BCUT2D eigenvalue weighted by Crippen LogP contribution is -2.60. The van der Waals surface area contributed by atoms with E-state index in [-0.39, 0.29) is 5.91 Å². The highest BCUT2D eigenvalue weighted by Crippen LogP contribution is 2.49. The van der Waals surface area contributed by atoms with Crippen LogP contribution < -0.4 is 5.32 Å². The molecule has 2 aliphatic rings. The van der Waals surface area contributed by atoms with Crippen LogP contribution in [-0.4, -0.2) is 39.1 Å². The quantitative estimate of drug-likeness (QED) is 0.501. The molecule has 1 aromatic heterocycles. The number of pyridine rings is 1. The number of nitrogens with one attached hydrogen (secondary N) is 1. The maximum atomic E-state index is 12.5. The van der Waals surface area contributed by atoms with E-state index in [4.69, 9.17) is 4.98 Å². The normalized spacial score (nSPS) is 16.6. The Bertz CT molecular complexity index is 1270. The van der Waals surface area contributed by atoms with E-state index in [9.17, 15) is 14.7 Å². The number of hydrogen-bond donors (Lipinski definition) is 2. The van der Waals surface area contributed by atoms with Gasteiger partial charge in [-0.2, -0.15) is 0 Å². The predicted octanol–water partition coefficient (Wildman–Crippen LogP) is 5.86. The topological polar surface area (TPSA) is 82.5 Å². The van der Waals surface area contributed by atoms with Crippen LogP contribution in [0.1, 0.15) is 61.6 Å². The molecule has 1 aliphatic heterocycles. The molecule has 1 fully saturated rings. The van der Waals surface area contributed by atoms with Crippen LogP contribution in [0.3, 0.4) is 0 Å². The van der Waals surface area contributed by atoms with Gasteiger partial charge in [0, 0.05) is 29.6 Å². The average Bonchev–Trinajstić information content (AvgIpc) is 2.80. The van der Waals surface area contributed by atoms with Crippen LogP contribution in [0.4, 0.5) is 4.79 Å². The summed E-state index contributed by atoms with van der Waals surface area (Å²) in [4.78, 5) is 31.4. The Balaban J connectivity index is 1.60. The van der Waals surface area contributed by atoms with Crippen molar-refractivity contribution in [2.45, 2.75) is 57.5 Å². The number of benzene rings is 2. The van der Waals surface area contributed by atoms with Gasteiger partial charge in [-0.1, -0.05) is 54.6 Å². The van der Waals surface area contributed by atoms with Crippen molar-refractivity contribution in [1.29, 1.82) is 0 Å². The third-order valence-electron chi connectivity index (χ3n) is 7.24. The second-order valence-corrected chi connectivity index (χ2v) is 10.5. The number of carboxylic acid groups (broad SMARTS) is 1. The maximum Gasteiger partial charge on any atom is 0.408 e. The van der Waals surface area contributed by atoms with Gasteiger partial charge in [-0.3, -0.25) is 14.7 Å². The number of carbonyl (C=O) groups excluding carboxylic acids is 1. The van der Waals surface area contributed by atoms with Crippen molar-refractivity contribution in [3.8, 4) is 22.4 Å². The fourth-order valence-corrected chi connectivity index (χ4v) is 5.59. The van der Waals surface area contributed by atoms with Gasteiger partial charge in [-0.15, -0.1) is 0 Å². The summed E-state index contributed by atoms with van der Waals surface area (Å²) in [5, 5.41) is 13.0. The molecule has 0 atom stereocenters. The molecule has 0 spiro atoms. The first-order chi connectivity index (χ1) is 16.7. The van der Waals surface area contributed by atoms with Gasteiger partial charge in [0.05, 0.1) is 22.5 Å². The maximum absolute atomic E-state index is 12.5. The van der Waals surface area contributed by atoms with Crippen molar-refractivity contribution in [2.24, 2.45) is 0 Å². The molecule has 6 nitrogen and oxygen atoms in total.